The fraction of sp³-hybridized carbons (Fsp3) is 0.318. The smallest absolute Gasteiger partial charge is 0.296 e. The highest BCUT2D eigenvalue weighted by molar-refractivity contribution is 5.68. The molecule has 0 saturated heterocycles. The number of aryl methyl sites for hydroxylation is 2. The van der Waals surface area contributed by atoms with E-state index in [9.17, 15) is 0 Å². The highest BCUT2D eigenvalue weighted by Gasteiger charge is 2.14. The summed E-state index contributed by atoms with van der Waals surface area (Å²) < 4.78 is 13.4. The number of aromatic nitrogens is 2. The van der Waals surface area contributed by atoms with Crippen molar-refractivity contribution in [3.8, 4) is 23.0 Å². The molecule has 0 saturated carbocycles. The predicted molar refractivity (Wildman–Crippen MR) is 105 cm³/mol. The van der Waals surface area contributed by atoms with Gasteiger partial charge in [-0.05, 0) is 43.9 Å². The van der Waals surface area contributed by atoms with E-state index in [2.05, 4.69) is 48.3 Å². The Morgan fingerprint density at radius 3 is 2.62 bits per heavy atom. The predicted octanol–water partition coefficient (Wildman–Crippen LogP) is 4.81. The van der Waals surface area contributed by atoms with Crippen LogP contribution < -0.4 is 9.47 Å². The Labute approximate surface area is 155 Å². The van der Waals surface area contributed by atoms with Gasteiger partial charge in [0.2, 0.25) is 0 Å². The van der Waals surface area contributed by atoms with E-state index in [1.54, 1.807) is 7.11 Å². The van der Waals surface area contributed by atoms with Crippen molar-refractivity contribution >= 4 is 0 Å². The summed E-state index contributed by atoms with van der Waals surface area (Å²) in [6.45, 7) is 2.74. The molecular weight excluding hydrogens is 324 g/mol. The molecule has 0 amide bonds. The van der Waals surface area contributed by atoms with Crippen LogP contribution in [-0.4, -0.2) is 23.3 Å². The van der Waals surface area contributed by atoms with Gasteiger partial charge >= 0.3 is 0 Å². The molecular formula is C22H26N2O2. The van der Waals surface area contributed by atoms with E-state index in [1.165, 1.54) is 11.1 Å². The van der Waals surface area contributed by atoms with Gasteiger partial charge in [-0.2, -0.15) is 0 Å². The molecule has 3 aromatic rings. The van der Waals surface area contributed by atoms with Gasteiger partial charge in [-0.15, -0.1) is 0 Å². The van der Waals surface area contributed by atoms with Gasteiger partial charge in [0.25, 0.3) is 6.01 Å². The molecule has 0 aliphatic carbocycles. The van der Waals surface area contributed by atoms with Crippen molar-refractivity contribution in [2.45, 2.75) is 26.2 Å². The number of rotatable bonds is 8. The van der Waals surface area contributed by atoms with Gasteiger partial charge in [0.15, 0.2) is 0 Å². The van der Waals surface area contributed by atoms with Crippen LogP contribution in [0.2, 0.25) is 0 Å². The van der Waals surface area contributed by atoms with Crippen LogP contribution in [0.1, 0.15) is 24.0 Å². The standard InChI is InChI=1S/C22H26N2O2/c1-17-12-13-21(25-3)19(15-17)20-16-23-22(24(20)2)26-14-8-7-11-18-9-5-4-6-10-18/h4-6,9-10,12-13,15-16H,7-8,11,14H2,1-3H3. The van der Waals surface area contributed by atoms with E-state index < -0.39 is 0 Å². The van der Waals surface area contributed by atoms with E-state index in [-0.39, 0.29) is 0 Å². The number of unbranched alkanes of at least 4 members (excludes halogenated alkanes) is 1. The summed E-state index contributed by atoms with van der Waals surface area (Å²) in [5, 5.41) is 0. The first-order valence-electron chi connectivity index (χ1n) is 9.02. The topological polar surface area (TPSA) is 36.3 Å². The minimum Gasteiger partial charge on any atom is -0.496 e. The summed E-state index contributed by atoms with van der Waals surface area (Å²) in [4.78, 5) is 4.44. The Morgan fingerprint density at radius 1 is 1.04 bits per heavy atom. The van der Waals surface area contributed by atoms with Crippen LogP contribution >= 0.6 is 0 Å². The Hall–Kier alpha value is -2.75. The summed E-state index contributed by atoms with van der Waals surface area (Å²) in [7, 11) is 3.66. The fourth-order valence-corrected chi connectivity index (χ4v) is 3.04. The molecule has 0 aliphatic rings. The van der Waals surface area contributed by atoms with Gasteiger partial charge in [-0.25, -0.2) is 4.98 Å². The van der Waals surface area contributed by atoms with Gasteiger partial charge in [-0.1, -0.05) is 42.0 Å². The molecule has 1 heterocycles. The molecule has 0 N–H and O–H groups in total. The average molecular weight is 350 g/mol. The molecule has 0 fully saturated rings. The van der Waals surface area contributed by atoms with Crippen LogP contribution in [0.4, 0.5) is 0 Å². The molecule has 3 rings (SSSR count). The van der Waals surface area contributed by atoms with Gasteiger partial charge < -0.3 is 9.47 Å². The lowest BCUT2D eigenvalue weighted by molar-refractivity contribution is 0.275. The third-order valence-corrected chi connectivity index (χ3v) is 4.51. The number of benzene rings is 2. The fourth-order valence-electron chi connectivity index (χ4n) is 3.04. The molecule has 2 aromatic carbocycles. The lowest BCUT2D eigenvalue weighted by Gasteiger charge is -2.11. The van der Waals surface area contributed by atoms with Crippen molar-refractivity contribution in [1.29, 1.82) is 0 Å². The zero-order valence-corrected chi connectivity index (χ0v) is 15.7. The maximum absolute atomic E-state index is 5.89. The van der Waals surface area contributed by atoms with Crippen LogP contribution in [0.15, 0.2) is 54.7 Å². The number of hydrogen-bond donors (Lipinski definition) is 0. The molecule has 1 aromatic heterocycles. The van der Waals surface area contributed by atoms with Gasteiger partial charge in [0, 0.05) is 12.6 Å². The molecule has 4 heteroatoms. The summed E-state index contributed by atoms with van der Waals surface area (Å²) in [6.07, 6.45) is 5.03. The molecule has 26 heavy (non-hydrogen) atoms. The van der Waals surface area contributed by atoms with E-state index in [4.69, 9.17) is 9.47 Å². The quantitative estimate of drug-likeness (QED) is 0.547. The largest absolute Gasteiger partial charge is 0.496 e. The summed E-state index contributed by atoms with van der Waals surface area (Å²) in [5.41, 5.74) is 4.58. The highest BCUT2D eigenvalue weighted by atomic mass is 16.5. The van der Waals surface area contributed by atoms with Crippen LogP contribution in [0.5, 0.6) is 11.8 Å². The first-order chi connectivity index (χ1) is 12.7. The zero-order valence-electron chi connectivity index (χ0n) is 15.7. The SMILES string of the molecule is COc1ccc(C)cc1-c1cnc(OCCCCc2ccccc2)n1C. The molecule has 0 spiro atoms. The zero-order chi connectivity index (χ0) is 18.4. The van der Waals surface area contributed by atoms with E-state index in [1.807, 2.05) is 29.9 Å². The Morgan fingerprint density at radius 2 is 1.85 bits per heavy atom. The number of imidazole rings is 1. The second-order valence-corrected chi connectivity index (χ2v) is 6.48. The maximum Gasteiger partial charge on any atom is 0.296 e. The third kappa shape index (κ3) is 4.26. The van der Waals surface area contributed by atoms with E-state index >= 15 is 0 Å². The minimum absolute atomic E-state index is 0.642. The van der Waals surface area contributed by atoms with Crippen molar-refractivity contribution < 1.29 is 9.47 Å². The Balaban J connectivity index is 1.58. The molecule has 0 radical (unpaired) electrons. The molecule has 136 valence electrons. The van der Waals surface area contributed by atoms with Crippen molar-refractivity contribution in [3.63, 3.8) is 0 Å². The van der Waals surface area contributed by atoms with Crippen molar-refractivity contribution in [2.24, 2.45) is 7.05 Å². The maximum atomic E-state index is 5.89. The summed E-state index contributed by atoms with van der Waals surface area (Å²) in [5.74, 6) is 0.841. The van der Waals surface area contributed by atoms with E-state index in [0.717, 1.165) is 36.3 Å². The van der Waals surface area contributed by atoms with Gasteiger partial charge in [-0.3, -0.25) is 4.57 Å². The van der Waals surface area contributed by atoms with Crippen molar-refractivity contribution in [3.05, 3.63) is 65.9 Å². The van der Waals surface area contributed by atoms with Gasteiger partial charge in [0.05, 0.1) is 25.6 Å². The van der Waals surface area contributed by atoms with Crippen LogP contribution in [-0.2, 0) is 13.5 Å². The molecule has 0 atom stereocenters. The van der Waals surface area contributed by atoms with E-state index in [0.29, 0.717) is 12.6 Å². The second-order valence-electron chi connectivity index (χ2n) is 6.48. The molecule has 0 unspecified atom stereocenters. The Bertz CT molecular complexity index is 841. The van der Waals surface area contributed by atoms with Crippen molar-refractivity contribution in [1.82, 2.24) is 9.55 Å². The number of ether oxygens (including phenoxy) is 2. The average Bonchev–Trinajstić information content (AvgIpc) is 3.03. The molecule has 0 aliphatic heterocycles. The van der Waals surface area contributed by atoms with Crippen LogP contribution in [0, 0.1) is 6.92 Å². The number of nitrogens with zero attached hydrogens (tertiary/aromatic N) is 2. The Kier molecular flexibility index (Phi) is 5.95. The monoisotopic (exact) mass is 350 g/mol. The van der Waals surface area contributed by atoms with Gasteiger partial charge in [0.1, 0.15) is 5.75 Å². The summed E-state index contributed by atoms with van der Waals surface area (Å²) >= 11 is 0. The normalized spacial score (nSPS) is 10.7. The molecule has 4 nitrogen and oxygen atoms in total. The van der Waals surface area contributed by atoms with Crippen LogP contribution in [0.25, 0.3) is 11.3 Å². The second kappa shape index (κ2) is 8.56. The summed E-state index contributed by atoms with van der Waals surface area (Å²) in [6, 6.07) is 17.3. The number of methoxy groups -OCH3 is 1. The number of hydrogen-bond acceptors (Lipinski definition) is 3. The lowest BCUT2D eigenvalue weighted by atomic mass is 10.1. The first kappa shape index (κ1) is 18.1. The third-order valence-electron chi connectivity index (χ3n) is 4.51. The minimum atomic E-state index is 0.642. The highest BCUT2D eigenvalue weighted by Crippen LogP contribution is 2.32. The van der Waals surface area contributed by atoms with Crippen LogP contribution in [0.3, 0.4) is 0 Å². The lowest BCUT2D eigenvalue weighted by Crippen LogP contribution is -2.04. The van der Waals surface area contributed by atoms with Crippen molar-refractivity contribution in [2.75, 3.05) is 13.7 Å². The first-order valence-corrected chi connectivity index (χ1v) is 9.02. The molecule has 0 bridgehead atoms.